The minimum absolute atomic E-state index is 0.446. The van der Waals surface area contributed by atoms with Crippen LogP contribution in [0.15, 0.2) is 61.1 Å². The van der Waals surface area contributed by atoms with Gasteiger partial charge in [-0.1, -0.05) is 47.1 Å². The summed E-state index contributed by atoms with van der Waals surface area (Å²) in [6.45, 7) is 1.00. The number of nitrogens with zero attached hydrogens (tertiary/aromatic N) is 5. The minimum Gasteiger partial charge on any atom is -0.370 e. The van der Waals surface area contributed by atoms with Gasteiger partial charge in [0.1, 0.15) is 0 Å². The van der Waals surface area contributed by atoms with Crippen molar-refractivity contribution in [3.63, 3.8) is 0 Å². The maximum atomic E-state index is 6.22. The van der Waals surface area contributed by atoms with Gasteiger partial charge in [0.15, 0.2) is 0 Å². The Hall–Kier alpha value is -2.96. The summed E-state index contributed by atoms with van der Waals surface area (Å²) >= 11 is 6.22. The molecule has 1 aliphatic rings. The summed E-state index contributed by atoms with van der Waals surface area (Å²) in [5, 5.41) is 8.97. The molecule has 0 atom stereocenters. The van der Waals surface area contributed by atoms with Crippen molar-refractivity contribution in [1.82, 2.24) is 24.5 Å². The summed E-state index contributed by atoms with van der Waals surface area (Å²) < 4.78 is 9.83. The normalized spacial score (nSPS) is 12.2. The summed E-state index contributed by atoms with van der Waals surface area (Å²) in [5.41, 5.74) is 5.99. The van der Waals surface area contributed by atoms with Crippen LogP contribution < -0.4 is 0 Å². The van der Waals surface area contributed by atoms with E-state index in [0.29, 0.717) is 24.7 Å². The van der Waals surface area contributed by atoms with Gasteiger partial charge in [-0.25, -0.2) is 9.67 Å². The van der Waals surface area contributed by atoms with E-state index in [9.17, 15) is 0 Å². The zero-order valence-corrected chi connectivity index (χ0v) is 15.2. The van der Waals surface area contributed by atoms with E-state index in [4.69, 9.17) is 16.3 Å². The van der Waals surface area contributed by atoms with Crippen molar-refractivity contribution in [2.75, 3.05) is 0 Å². The molecule has 0 spiro atoms. The van der Waals surface area contributed by atoms with Crippen molar-refractivity contribution in [2.45, 2.75) is 19.6 Å². The quantitative estimate of drug-likeness (QED) is 0.479. The Balaban J connectivity index is 1.49. The fourth-order valence-electron chi connectivity index (χ4n) is 3.39. The van der Waals surface area contributed by atoms with Crippen molar-refractivity contribution < 1.29 is 4.74 Å². The van der Waals surface area contributed by atoms with Gasteiger partial charge >= 0.3 is 0 Å². The molecule has 7 heteroatoms. The molecule has 0 aliphatic carbocycles. The average molecular weight is 378 g/mol. The molecule has 5 rings (SSSR count). The Morgan fingerprint density at radius 2 is 1.93 bits per heavy atom. The van der Waals surface area contributed by atoms with E-state index < -0.39 is 0 Å². The molecule has 2 aromatic carbocycles. The molecule has 0 radical (unpaired) electrons. The van der Waals surface area contributed by atoms with Crippen molar-refractivity contribution in [3.8, 4) is 11.4 Å². The Bertz CT molecular complexity index is 1100. The number of hydrogen-bond acceptors (Lipinski definition) is 4. The number of benzene rings is 2. The van der Waals surface area contributed by atoms with Crippen LogP contribution in [0.4, 0.5) is 0 Å². The fourth-order valence-corrected chi connectivity index (χ4v) is 3.55. The number of halogens is 1. The second kappa shape index (κ2) is 6.64. The van der Waals surface area contributed by atoms with Crippen LogP contribution in [0.5, 0.6) is 0 Å². The van der Waals surface area contributed by atoms with E-state index in [1.165, 1.54) is 0 Å². The molecule has 27 heavy (non-hydrogen) atoms. The zero-order valence-electron chi connectivity index (χ0n) is 14.4. The van der Waals surface area contributed by atoms with E-state index in [2.05, 4.69) is 32.0 Å². The number of aromatic nitrogens is 5. The number of ether oxygens (including phenoxy) is 1. The molecule has 6 nitrogen and oxygen atoms in total. The lowest BCUT2D eigenvalue weighted by molar-refractivity contribution is 0.104. The molecule has 4 aromatic rings. The average Bonchev–Trinajstić information content (AvgIpc) is 3.28. The molecule has 0 N–H and O–H groups in total. The van der Waals surface area contributed by atoms with Crippen LogP contribution in [0.2, 0.25) is 5.02 Å². The standard InChI is InChI=1S/C20H16ClN5O/c21-15-6-7-18-20(8-15)26-16(10-23-24-26)9-19-17(22-13-25(18)19)12-27-11-14-4-2-1-3-5-14/h1-8,10,13H,9,11-12H2. The molecule has 0 saturated carbocycles. The monoisotopic (exact) mass is 377 g/mol. The third-order valence-corrected chi connectivity index (χ3v) is 4.93. The summed E-state index contributed by atoms with van der Waals surface area (Å²) in [4.78, 5) is 4.60. The Kier molecular flexibility index (Phi) is 3.99. The van der Waals surface area contributed by atoms with Crippen molar-refractivity contribution >= 4 is 11.6 Å². The van der Waals surface area contributed by atoms with Gasteiger partial charge in [0.25, 0.3) is 0 Å². The van der Waals surface area contributed by atoms with Gasteiger partial charge in [-0.3, -0.25) is 0 Å². The Labute approximate surface area is 161 Å². The van der Waals surface area contributed by atoms with Crippen LogP contribution in [0.3, 0.4) is 0 Å². The smallest absolute Gasteiger partial charge is 0.0999 e. The molecule has 0 bridgehead atoms. The molecule has 0 unspecified atom stereocenters. The highest BCUT2D eigenvalue weighted by molar-refractivity contribution is 6.30. The van der Waals surface area contributed by atoms with Crippen LogP contribution in [0, 0.1) is 0 Å². The third-order valence-electron chi connectivity index (χ3n) is 4.70. The SMILES string of the molecule is Clc1ccc2c(c1)-n1nncc1Cc1c(COCc3ccccc3)ncn1-2. The molecule has 134 valence electrons. The number of imidazole rings is 1. The first-order valence-corrected chi connectivity index (χ1v) is 9.04. The lowest BCUT2D eigenvalue weighted by Gasteiger charge is -2.10. The van der Waals surface area contributed by atoms with Crippen molar-refractivity contribution in [3.05, 3.63) is 88.7 Å². The Morgan fingerprint density at radius 3 is 2.81 bits per heavy atom. The molecular formula is C20H16ClN5O. The predicted molar refractivity (Wildman–Crippen MR) is 101 cm³/mol. The van der Waals surface area contributed by atoms with Crippen LogP contribution >= 0.6 is 11.6 Å². The van der Waals surface area contributed by atoms with E-state index in [-0.39, 0.29) is 0 Å². The van der Waals surface area contributed by atoms with E-state index in [1.807, 2.05) is 47.4 Å². The molecule has 1 aliphatic heterocycles. The molecule has 0 fully saturated rings. The first-order chi connectivity index (χ1) is 13.3. The highest BCUT2D eigenvalue weighted by Crippen LogP contribution is 2.30. The van der Waals surface area contributed by atoms with E-state index in [0.717, 1.165) is 34.0 Å². The van der Waals surface area contributed by atoms with Gasteiger partial charge in [-0.15, -0.1) is 5.10 Å². The predicted octanol–water partition coefficient (Wildman–Crippen LogP) is 3.73. The first kappa shape index (κ1) is 16.2. The van der Waals surface area contributed by atoms with E-state index in [1.54, 1.807) is 6.20 Å². The van der Waals surface area contributed by atoms with Gasteiger partial charge in [0, 0.05) is 11.4 Å². The number of hydrogen-bond donors (Lipinski definition) is 0. The number of fused-ring (bicyclic) bond motifs is 5. The first-order valence-electron chi connectivity index (χ1n) is 8.66. The zero-order chi connectivity index (χ0) is 18.2. The number of rotatable bonds is 4. The van der Waals surface area contributed by atoms with Crippen molar-refractivity contribution in [2.24, 2.45) is 0 Å². The van der Waals surface area contributed by atoms with Crippen LogP contribution in [-0.2, 0) is 24.4 Å². The lowest BCUT2D eigenvalue weighted by Crippen LogP contribution is -2.03. The van der Waals surface area contributed by atoms with Crippen LogP contribution in [0.25, 0.3) is 11.4 Å². The summed E-state index contributed by atoms with van der Waals surface area (Å²) in [6, 6.07) is 15.9. The summed E-state index contributed by atoms with van der Waals surface area (Å²) in [6.07, 6.45) is 4.29. The minimum atomic E-state index is 0.446. The van der Waals surface area contributed by atoms with Gasteiger partial charge in [-0.2, -0.15) is 0 Å². The van der Waals surface area contributed by atoms with Gasteiger partial charge in [-0.05, 0) is 23.8 Å². The summed E-state index contributed by atoms with van der Waals surface area (Å²) in [7, 11) is 0. The van der Waals surface area contributed by atoms with Crippen LogP contribution in [-0.4, -0.2) is 24.5 Å². The molecular weight excluding hydrogens is 362 g/mol. The van der Waals surface area contributed by atoms with Gasteiger partial charge < -0.3 is 9.30 Å². The van der Waals surface area contributed by atoms with Crippen molar-refractivity contribution in [1.29, 1.82) is 0 Å². The summed E-state index contributed by atoms with van der Waals surface area (Å²) in [5.74, 6) is 0. The lowest BCUT2D eigenvalue weighted by atomic mass is 10.2. The molecule has 2 aromatic heterocycles. The highest BCUT2D eigenvalue weighted by atomic mass is 35.5. The maximum Gasteiger partial charge on any atom is 0.0999 e. The molecule has 3 heterocycles. The topological polar surface area (TPSA) is 57.8 Å². The van der Waals surface area contributed by atoms with E-state index >= 15 is 0 Å². The highest BCUT2D eigenvalue weighted by Gasteiger charge is 2.23. The third kappa shape index (κ3) is 2.93. The Morgan fingerprint density at radius 1 is 1.04 bits per heavy atom. The second-order valence-electron chi connectivity index (χ2n) is 6.43. The maximum absolute atomic E-state index is 6.22. The van der Waals surface area contributed by atoms with Crippen LogP contribution in [0.1, 0.15) is 22.6 Å². The second-order valence-corrected chi connectivity index (χ2v) is 6.87. The molecule has 0 amide bonds. The van der Waals surface area contributed by atoms with Gasteiger partial charge in [0.05, 0.1) is 54.2 Å². The van der Waals surface area contributed by atoms with Gasteiger partial charge in [0.2, 0.25) is 0 Å². The molecule has 0 saturated heterocycles. The largest absolute Gasteiger partial charge is 0.370 e. The fraction of sp³-hybridized carbons (Fsp3) is 0.150.